The highest BCUT2D eigenvalue weighted by molar-refractivity contribution is 6.31. The quantitative estimate of drug-likeness (QED) is 0.795. The van der Waals surface area contributed by atoms with Crippen LogP contribution in [0.15, 0.2) is 47.1 Å². The Balaban J connectivity index is 1.92. The van der Waals surface area contributed by atoms with Crippen LogP contribution in [0.2, 0.25) is 5.02 Å². The van der Waals surface area contributed by atoms with Crippen molar-refractivity contribution in [2.75, 3.05) is 20.1 Å². The van der Waals surface area contributed by atoms with Crippen molar-refractivity contribution in [3.63, 3.8) is 0 Å². The molecule has 114 valence electrons. The lowest BCUT2D eigenvalue weighted by atomic mass is 10.0. The van der Waals surface area contributed by atoms with Crippen LogP contribution in [-0.4, -0.2) is 25.0 Å². The lowest BCUT2D eigenvalue weighted by Crippen LogP contribution is -2.27. The van der Waals surface area contributed by atoms with Gasteiger partial charge in [0.2, 0.25) is 0 Å². The zero-order valence-corrected chi connectivity index (χ0v) is 13.4. The van der Waals surface area contributed by atoms with Gasteiger partial charge in [0.05, 0.1) is 12.8 Å². The summed E-state index contributed by atoms with van der Waals surface area (Å²) in [5.74, 6) is 0.996. The first-order valence-electron chi connectivity index (χ1n) is 7.39. The van der Waals surface area contributed by atoms with Crippen LogP contribution in [0, 0.1) is 0 Å². The van der Waals surface area contributed by atoms with Gasteiger partial charge in [-0.05, 0) is 43.8 Å². The molecule has 0 aliphatic rings. The summed E-state index contributed by atoms with van der Waals surface area (Å²) in [4.78, 5) is 2.26. The molecule has 0 saturated heterocycles. The monoisotopic (exact) mass is 306 g/mol. The molecule has 1 N–H and O–H groups in total. The molecule has 1 aromatic heterocycles. The van der Waals surface area contributed by atoms with Crippen LogP contribution in [0.4, 0.5) is 0 Å². The van der Waals surface area contributed by atoms with Crippen LogP contribution in [0.1, 0.15) is 30.7 Å². The Morgan fingerprint density at radius 1 is 1.24 bits per heavy atom. The van der Waals surface area contributed by atoms with Gasteiger partial charge in [-0.2, -0.15) is 0 Å². The fourth-order valence-corrected chi connectivity index (χ4v) is 2.74. The summed E-state index contributed by atoms with van der Waals surface area (Å²) in [5, 5.41) is 4.35. The van der Waals surface area contributed by atoms with Crippen molar-refractivity contribution in [2.24, 2.45) is 0 Å². The zero-order chi connectivity index (χ0) is 15.1. The summed E-state index contributed by atoms with van der Waals surface area (Å²) in [7, 11) is 2.11. The van der Waals surface area contributed by atoms with E-state index >= 15 is 0 Å². The summed E-state index contributed by atoms with van der Waals surface area (Å²) in [5.41, 5.74) is 1.17. The second-order valence-corrected chi connectivity index (χ2v) is 5.64. The van der Waals surface area contributed by atoms with E-state index < -0.39 is 0 Å². The normalized spacial score (nSPS) is 12.8. The van der Waals surface area contributed by atoms with E-state index in [0.29, 0.717) is 0 Å². The number of furan rings is 1. The largest absolute Gasteiger partial charge is 0.468 e. The Bertz CT molecular complexity index is 527. The highest BCUT2D eigenvalue weighted by Crippen LogP contribution is 2.25. The average Bonchev–Trinajstić information content (AvgIpc) is 2.97. The summed E-state index contributed by atoms with van der Waals surface area (Å²) < 4.78 is 5.38. The Kier molecular flexibility index (Phi) is 6.30. The van der Waals surface area contributed by atoms with Gasteiger partial charge in [-0.25, -0.2) is 0 Å². The summed E-state index contributed by atoms with van der Waals surface area (Å²) in [6, 6.07) is 12.3. The Hall–Kier alpha value is -1.29. The Morgan fingerprint density at radius 3 is 2.71 bits per heavy atom. The van der Waals surface area contributed by atoms with Gasteiger partial charge in [-0.1, -0.05) is 36.7 Å². The predicted octanol–water partition coefficient (Wildman–Crippen LogP) is 4.11. The Morgan fingerprint density at radius 2 is 2.05 bits per heavy atom. The van der Waals surface area contributed by atoms with Gasteiger partial charge >= 0.3 is 0 Å². The van der Waals surface area contributed by atoms with Crippen molar-refractivity contribution >= 4 is 11.6 Å². The first-order valence-corrected chi connectivity index (χ1v) is 7.77. The fourth-order valence-electron chi connectivity index (χ4n) is 2.47. The summed E-state index contributed by atoms with van der Waals surface area (Å²) >= 11 is 6.32. The first-order chi connectivity index (χ1) is 10.2. The van der Waals surface area contributed by atoms with Crippen molar-refractivity contribution in [1.82, 2.24) is 10.2 Å². The average molecular weight is 307 g/mol. The number of benzene rings is 1. The first kappa shape index (κ1) is 16.1. The predicted molar refractivity (Wildman–Crippen MR) is 87.5 cm³/mol. The molecule has 4 heteroatoms. The highest BCUT2D eigenvalue weighted by atomic mass is 35.5. The molecule has 2 aromatic rings. The van der Waals surface area contributed by atoms with Gasteiger partial charge in [0.1, 0.15) is 5.76 Å². The van der Waals surface area contributed by atoms with E-state index in [1.54, 1.807) is 6.26 Å². The lowest BCUT2D eigenvalue weighted by molar-refractivity contribution is 0.277. The minimum Gasteiger partial charge on any atom is -0.468 e. The SMILES string of the molecule is CCNC(CCN(C)Cc1ccco1)c1ccccc1Cl. The van der Waals surface area contributed by atoms with Crippen LogP contribution in [0.3, 0.4) is 0 Å². The van der Waals surface area contributed by atoms with Gasteiger partial charge in [-0.15, -0.1) is 0 Å². The third kappa shape index (κ3) is 4.88. The molecule has 2 rings (SSSR count). The summed E-state index contributed by atoms with van der Waals surface area (Å²) in [6.45, 7) is 4.85. The van der Waals surface area contributed by atoms with E-state index in [4.69, 9.17) is 16.0 Å². The van der Waals surface area contributed by atoms with Gasteiger partial charge < -0.3 is 9.73 Å². The topological polar surface area (TPSA) is 28.4 Å². The molecule has 1 aromatic carbocycles. The molecular formula is C17H23ClN2O. The van der Waals surface area contributed by atoms with E-state index in [9.17, 15) is 0 Å². The molecule has 0 aliphatic heterocycles. The number of nitrogens with one attached hydrogen (secondary N) is 1. The number of halogens is 1. The standard InChI is InChI=1S/C17H23ClN2O/c1-3-19-17(15-8-4-5-9-16(15)18)10-11-20(2)13-14-7-6-12-21-14/h4-9,12,17,19H,3,10-11,13H2,1-2H3. The van der Waals surface area contributed by atoms with Crippen LogP contribution in [-0.2, 0) is 6.54 Å². The molecule has 0 radical (unpaired) electrons. The molecule has 0 aliphatic carbocycles. The minimum absolute atomic E-state index is 0.280. The van der Waals surface area contributed by atoms with Crippen LogP contribution in [0.5, 0.6) is 0 Å². The molecule has 0 amide bonds. The van der Waals surface area contributed by atoms with Gasteiger partial charge in [0.25, 0.3) is 0 Å². The Labute approximate surface area is 131 Å². The number of nitrogens with zero attached hydrogens (tertiary/aromatic N) is 1. The minimum atomic E-state index is 0.280. The third-order valence-electron chi connectivity index (χ3n) is 3.54. The zero-order valence-electron chi connectivity index (χ0n) is 12.7. The number of hydrogen-bond acceptors (Lipinski definition) is 3. The van der Waals surface area contributed by atoms with E-state index in [1.807, 2.05) is 30.3 Å². The van der Waals surface area contributed by atoms with E-state index in [-0.39, 0.29) is 6.04 Å². The second kappa shape index (κ2) is 8.23. The smallest absolute Gasteiger partial charge is 0.117 e. The molecule has 0 bridgehead atoms. The van der Waals surface area contributed by atoms with Crippen molar-refractivity contribution < 1.29 is 4.42 Å². The molecule has 3 nitrogen and oxygen atoms in total. The highest BCUT2D eigenvalue weighted by Gasteiger charge is 2.14. The van der Waals surface area contributed by atoms with Crippen molar-refractivity contribution in [3.05, 3.63) is 59.0 Å². The molecule has 1 atom stereocenters. The molecule has 0 fully saturated rings. The number of hydrogen-bond donors (Lipinski definition) is 1. The molecule has 1 unspecified atom stereocenters. The van der Waals surface area contributed by atoms with Gasteiger partial charge in [0, 0.05) is 17.6 Å². The van der Waals surface area contributed by atoms with E-state index in [1.165, 1.54) is 5.56 Å². The number of rotatable bonds is 8. The van der Waals surface area contributed by atoms with Crippen LogP contribution in [0.25, 0.3) is 0 Å². The van der Waals surface area contributed by atoms with Crippen LogP contribution >= 0.6 is 11.6 Å². The van der Waals surface area contributed by atoms with Crippen molar-refractivity contribution in [2.45, 2.75) is 25.9 Å². The molecule has 21 heavy (non-hydrogen) atoms. The molecule has 0 saturated carbocycles. The van der Waals surface area contributed by atoms with Crippen LogP contribution < -0.4 is 5.32 Å². The van der Waals surface area contributed by atoms with E-state index in [0.717, 1.165) is 36.8 Å². The van der Waals surface area contributed by atoms with E-state index in [2.05, 4.69) is 30.3 Å². The molecular weight excluding hydrogens is 284 g/mol. The maximum atomic E-state index is 6.32. The maximum Gasteiger partial charge on any atom is 0.117 e. The van der Waals surface area contributed by atoms with Gasteiger partial charge in [0.15, 0.2) is 0 Å². The molecule has 1 heterocycles. The maximum absolute atomic E-state index is 6.32. The fraction of sp³-hybridized carbons (Fsp3) is 0.412. The van der Waals surface area contributed by atoms with Gasteiger partial charge in [-0.3, -0.25) is 4.90 Å². The summed E-state index contributed by atoms with van der Waals surface area (Å²) in [6.07, 6.45) is 2.73. The lowest BCUT2D eigenvalue weighted by Gasteiger charge is -2.23. The van der Waals surface area contributed by atoms with Crippen molar-refractivity contribution in [1.29, 1.82) is 0 Å². The third-order valence-corrected chi connectivity index (χ3v) is 3.88. The molecule has 0 spiro atoms. The second-order valence-electron chi connectivity index (χ2n) is 5.24. The van der Waals surface area contributed by atoms with Crippen molar-refractivity contribution in [3.8, 4) is 0 Å².